The highest BCUT2D eigenvalue weighted by Gasteiger charge is 2.53. The van der Waals surface area contributed by atoms with Gasteiger partial charge in [0.05, 0.1) is 12.6 Å². The number of nitrogens with zero attached hydrogens (tertiary/aromatic N) is 4. The van der Waals surface area contributed by atoms with Crippen LogP contribution in [0.5, 0.6) is 0 Å². The van der Waals surface area contributed by atoms with Crippen molar-refractivity contribution in [2.45, 2.75) is 37.8 Å². The Morgan fingerprint density at radius 3 is 2.62 bits per heavy atom. The topological polar surface area (TPSA) is 70.4 Å². The highest BCUT2D eigenvalue weighted by atomic mass is 32.2. The van der Waals surface area contributed by atoms with E-state index in [2.05, 4.69) is 21.3 Å². The molecule has 1 amide bonds. The number of methoxy groups -OCH3 is 1. The molecule has 0 radical (unpaired) electrons. The standard InChI is InChI=1S/C16H23N5O2S/c1-10-11-13(19-15(17-10)21(3)24-8-9-24)20(2)12(14(22)18-11)16(23-4)6-5-7-16/h12H,5-9H2,1-4H3/p+1/t12-/m1/s1. The molecule has 1 N–H and O–H groups in total. The number of likely N-dealkylation sites (N-methyl/N-ethyl adjacent to an activating group) is 1. The number of anilines is 2. The van der Waals surface area contributed by atoms with E-state index in [4.69, 9.17) is 9.72 Å². The van der Waals surface area contributed by atoms with Crippen molar-refractivity contribution in [1.82, 2.24) is 9.97 Å². The Labute approximate surface area is 144 Å². The second-order valence-electron chi connectivity index (χ2n) is 6.80. The second kappa shape index (κ2) is 5.49. The summed E-state index contributed by atoms with van der Waals surface area (Å²) in [6.07, 6.45) is 2.90. The van der Waals surface area contributed by atoms with Gasteiger partial charge in [-0.25, -0.2) is 3.95 Å². The number of hydrogen-bond acceptors (Lipinski definition) is 5. The highest BCUT2D eigenvalue weighted by Crippen LogP contribution is 2.44. The molecule has 0 unspecified atom stereocenters. The lowest BCUT2D eigenvalue weighted by Crippen LogP contribution is -2.64. The maximum Gasteiger partial charge on any atom is 0.440 e. The fourth-order valence-electron chi connectivity index (χ4n) is 3.71. The number of fused-ring (bicyclic) bond motifs is 1. The SMILES string of the molecule is COC1([C@H]2C(=O)Nc3c(C)nc([N+](C)=S4CC4)nc3N2C)CCC1. The van der Waals surface area contributed by atoms with Crippen molar-refractivity contribution in [3.63, 3.8) is 0 Å². The van der Waals surface area contributed by atoms with E-state index in [9.17, 15) is 4.79 Å². The smallest absolute Gasteiger partial charge is 0.376 e. The molecular formula is C16H24N5O2S+. The van der Waals surface area contributed by atoms with Crippen LogP contribution in [0.15, 0.2) is 0 Å². The molecule has 0 spiro atoms. The third kappa shape index (κ3) is 2.27. The first-order chi connectivity index (χ1) is 11.5. The van der Waals surface area contributed by atoms with Crippen LogP contribution in [0.2, 0.25) is 0 Å². The van der Waals surface area contributed by atoms with Crippen LogP contribution in [0, 0.1) is 6.92 Å². The molecule has 1 aliphatic carbocycles. The van der Waals surface area contributed by atoms with Crippen LogP contribution >= 0.6 is 0 Å². The lowest BCUT2D eigenvalue weighted by molar-refractivity contribution is -0.384. The maximum absolute atomic E-state index is 12.8. The fourth-order valence-corrected chi connectivity index (χ4v) is 4.87. The van der Waals surface area contributed by atoms with Crippen molar-refractivity contribution in [1.29, 1.82) is 0 Å². The Hall–Kier alpha value is -1.54. The van der Waals surface area contributed by atoms with Gasteiger partial charge in [-0.1, -0.05) is 15.7 Å². The zero-order chi connectivity index (χ0) is 17.1. The predicted molar refractivity (Wildman–Crippen MR) is 94.1 cm³/mol. The molecule has 1 atom stereocenters. The van der Waals surface area contributed by atoms with Gasteiger partial charge in [0.15, 0.2) is 0 Å². The summed E-state index contributed by atoms with van der Waals surface area (Å²) in [6.45, 7) is 1.93. The Morgan fingerprint density at radius 1 is 1.38 bits per heavy atom. The van der Waals surface area contributed by atoms with Gasteiger partial charge in [0.25, 0.3) is 0 Å². The predicted octanol–water partition coefficient (Wildman–Crippen LogP) is 1.20. The van der Waals surface area contributed by atoms with Crippen molar-refractivity contribution < 1.29 is 13.5 Å². The fraction of sp³-hybridized carbons (Fsp3) is 0.688. The molecule has 3 aliphatic rings. The minimum absolute atomic E-state index is 0.0246. The number of aryl methyl sites for hydroxylation is 1. The van der Waals surface area contributed by atoms with Crippen LogP contribution in [0.4, 0.5) is 17.5 Å². The highest BCUT2D eigenvalue weighted by molar-refractivity contribution is 7.92. The lowest BCUT2D eigenvalue weighted by atomic mass is 9.73. The number of hydrogen-bond donors (Lipinski definition) is 1. The minimum Gasteiger partial charge on any atom is -0.376 e. The van der Waals surface area contributed by atoms with Crippen LogP contribution in [-0.2, 0) is 20.2 Å². The summed E-state index contributed by atoms with van der Waals surface area (Å²) in [7, 11) is 5.97. The summed E-state index contributed by atoms with van der Waals surface area (Å²) in [5, 5.41) is 3.03. The summed E-state index contributed by atoms with van der Waals surface area (Å²) >= 11 is 0. The summed E-state index contributed by atoms with van der Waals surface area (Å²) < 4.78 is 7.94. The number of aromatic nitrogens is 2. The van der Waals surface area contributed by atoms with E-state index < -0.39 is 5.60 Å². The molecule has 130 valence electrons. The molecule has 3 heterocycles. The minimum atomic E-state index is -0.403. The van der Waals surface area contributed by atoms with Gasteiger partial charge >= 0.3 is 5.95 Å². The molecule has 1 aromatic rings. The zero-order valence-electron chi connectivity index (χ0n) is 14.6. The average molecular weight is 350 g/mol. The van der Waals surface area contributed by atoms with Crippen LogP contribution in [0.1, 0.15) is 25.0 Å². The van der Waals surface area contributed by atoms with Gasteiger partial charge in [-0.15, -0.1) is 0 Å². The Balaban J connectivity index is 1.79. The van der Waals surface area contributed by atoms with E-state index >= 15 is 0 Å². The lowest BCUT2D eigenvalue weighted by Gasteiger charge is -2.49. The molecule has 4 rings (SSSR count). The molecule has 8 heteroatoms. The summed E-state index contributed by atoms with van der Waals surface area (Å²) in [5.41, 5.74) is 1.13. The molecule has 7 nitrogen and oxygen atoms in total. The maximum atomic E-state index is 12.8. The van der Waals surface area contributed by atoms with Gasteiger partial charge < -0.3 is 15.0 Å². The van der Waals surface area contributed by atoms with Gasteiger partial charge in [0.1, 0.15) is 17.4 Å². The number of ether oxygens (including phenoxy) is 1. The Kier molecular flexibility index (Phi) is 3.65. The zero-order valence-corrected chi connectivity index (χ0v) is 15.4. The molecule has 1 saturated heterocycles. The average Bonchev–Trinajstić information content (AvgIpc) is 3.34. The van der Waals surface area contributed by atoms with Gasteiger partial charge in [0.2, 0.25) is 11.7 Å². The van der Waals surface area contributed by atoms with E-state index in [1.54, 1.807) is 7.11 Å². The van der Waals surface area contributed by atoms with Crippen molar-refractivity contribution >= 4 is 34.1 Å². The van der Waals surface area contributed by atoms with E-state index in [1.807, 2.05) is 18.9 Å². The van der Waals surface area contributed by atoms with Crippen molar-refractivity contribution in [3.8, 4) is 0 Å². The third-order valence-corrected chi connectivity index (χ3v) is 7.15. The van der Waals surface area contributed by atoms with Gasteiger partial charge in [-0.3, -0.25) is 4.79 Å². The summed E-state index contributed by atoms with van der Waals surface area (Å²) in [6, 6.07) is -0.348. The molecule has 0 aromatic carbocycles. The number of rotatable bonds is 3. The van der Waals surface area contributed by atoms with Gasteiger partial charge in [-0.05, 0) is 31.2 Å². The Morgan fingerprint density at radius 2 is 2.08 bits per heavy atom. The van der Waals surface area contributed by atoms with Crippen molar-refractivity contribution in [2.24, 2.45) is 0 Å². The molecule has 1 saturated carbocycles. The first kappa shape index (κ1) is 16.0. The first-order valence-corrected chi connectivity index (χ1v) is 9.87. The first-order valence-electron chi connectivity index (χ1n) is 8.36. The normalized spacial score (nSPS) is 24.9. The van der Waals surface area contributed by atoms with E-state index in [1.165, 1.54) is 11.5 Å². The monoisotopic (exact) mass is 350 g/mol. The second-order valence-corrected chi connectivity index (χ2v) is 9.09. The Bertz CT molecular complexity index is 748. The number of carbonyl (C=O) groups excluding carboxylic acids is 1. The molecule has 1 aromatic heterocycles. The number of nitrogens with one attached hydrogen (secondary N) is 1. The van der Waals surface area contributed by atoms with Crippen LogP contribution in [0.25, 0.3) is 0 Å². The third-order valence-electron chi connectivity index (χ3n) is 5.44. The van der Waals surface area contributed by atoms with E-state index in [-0.39, 0.29) is 22.6 Å². The summed E-state index contributed by atoms with van der Waals surface area (Å²) in [5.74, 6) is 3.95. The number of amides is 1. The van der Waals surface area contributed by atoms with Gasteiger partial charge in [-0.2, -0.15) is 0 Å². The van der Waals surface area contributed by atoms with Crippen LogP contribution in [0.3, 0.4) is 0 Å². The van der Waals surface area contributed by atoms with Gasteiger partial charge in [0, 0.05) is 25.7 Å². The number of carbonyl (C=O) groups is 1. The molecule has 2 fully saturated rings. The molecule has 2 aliphatic heterocycles. The van der Waals surface area contributed by atoms with E-state index in [0.717, 1.165) is 42.4 Å². The van der Waals surface area contributed by atoms with Crippen molar-refractivity contribution in [2.75, 3.05) is 42.9 Å². The molecule has 24 heavy (non-hydrogen) atoms. The molecule has 0 bridgehead atoms. The quantitative estimate of drug-likeness (QED) is 0.655. The van der Waals surface area contributed by atoms with Crippen molar-refractivity contribution in [3.05, 3.63) is 5.69 Å². The largest absolute Gasteiger partial charge is 0.440 e. The van der Waals surface area contributed by atoms with E-state index in [0.29, 0.717) is 0 Å². The van der Waals surface area contributed by atoms with Crippen LogP contribution in [-0.4, -0.2) is 64.2 Å². The molecular weight excluding hydrogens is 326 g/mol. The van der Waals surface area contributed by atoms with Crippen LogP contribution < -0.4 is 10.2 Å². The summed E-state index contributed by atoms with van der Waals surface area (Å²) in [4.78, 5) is 24.1.